The minimum absolute atomic E-state index is 0. The zero-order chi connectivity index (χ0) is 16.1. The Morgan fingerprint density at radius 1 is 1.12 bits per heavy atom. The Hall–Kier alpha value is -1.65. The van der Waals surface area contributed by atoms with E-state index in [0.29, 0.717) is 5.92 Å². The number of hydrogen-bond donors (Lipinski definition) is 0. The summed E-state index contributed by atoms with van der Waals surface area (Å²) in [4.78, 5) is 15.2. The van der Waals surface area contributed by atoms with Gasteiger partial charge in [0, 0.05) is 12.7 Å². The zero-order valence-corrected chi connectivity index (χ0v) is 15.0. The van der Waals surface area contributed by atoms with Crippen molar-refractivity contribution < 1.29 is 0 Å². The van der Waals surface area contributed by atoms with Crippen LogP contribution in [0.1, 0.15) is 26.2 Å². The highest BCUT2D eigenvalue weighted by Gasteiger charge is 2.20. The fourth-order valence-electron chi connectivity index (χ4n) is 3.37. The molecule has 0 spiro atoms. The van der Waals surface area contributed by atoms with Crippen LogP contribution in [0.3, 0.4) is 0 Å². The second kappa shape index (κ2) is 9.00. The SMILES string of the molecule is CCCN1CCC(Cn2nccc(-c3ccccc3)c2=O)CC1.Cl. The summed E-state index contributed by atoms with van der Waals surface area (Å²) in [6, 6.07) is 11.7. The van der Waals surface area contributed by atoms with E-state index >= 15 is 0 Å². The van der Waals surface area contributed by atoms with Crippen LogP contribution in [-0.4, -0.2) is 34.3 Å². The summed E-state index contributed by atoms with van der Waals surface area (Å²) in [5, 5.41) is 4.30. The largest absolute Gasteiger partial charge is 0.303 e. The fourth-order valence-corrected chi connectivity index (χ4v) is 3.37. The monoisotopic (exact) mass is 347 g/mol. The van der Waals surface area contributed by atoms with E-state index in [1.165, 1.54) is 13.0 Å². The lowest BCUT2D eigenvalue weighted by Gasteiger charge is -2.31. The van der Waals surface area contributed by atoms with E-state index in [0.717, 1.165) is 43.6 Å². The lowest BCUT2D eigenvalue weighted by molar-refractivity contribution is 0.170. The van der Waals surface area contributed by atoms with Crippen molar-refractivity contribution in [2.45, 2.75) is 32.7 Å². The van der Waals surface area contributed by atoms with Gasteiger partial charge in [-0.05, 0) is 56.4 Å². The van der Waals surface area contributed by atoms with Gasteiger partial charge in [0.15, 0.2) is 0 Å². The van der Waals surface area contributed by atoms with Gasteiger partial charge in [-0.25, -0.2) is 4.68 Å². The van der Waals surface area contributed by atoms with Gasteiger partial charge < -0.3 is 4.90 Å². The number of rotatable bonds is 5. The van der Waals surface area contributed by atoms with Crippen LogP contribution in [0.4, 0.5) is 0 Å². The number of nitrogens with zero attached hydrogens (tertiary/aromatic N) is 3. The van der Waals surface area contributed by atoms with E-state index in [4.69, 9.17) is 0 Å². The summed E-state index contributed by atoms with van der Waals surface area (Å²) in [7, 11) is 0. The Morgan fingerprint density at radius 2 is 1.83 bits per heavy atom. The van der Waals surface area contributed by atoms with Crippen LogP contribution in [0.5, 0.6) is 0 Å². The average Bonchev–Trinajstić information content (AvgIpc) is 2.59. The highest BCUT2D eigenvalue weighted by atomic mass is 35.5. The molecule has 2 heterocycles. The molecule has 1 fully saturated rings. The van der Waals surface area contributed by atoms with Crippen molar-refractivity contribution >= 4 is 12.4 Å². The first-order valence-corrected chi connectivity index (χ1v) is 8.62. The van der Waals surface area contributed by atoms with Gasteiger partial charge in [0.2, 0.25) is 0 Å². The van der Waals surface area contributed by atoms with Crippen LogP contribution in [0.25, 0.3) is 11.1 Å². The maximum Gasteiger partial charge on any atom is 0.274 e. The maximum absolute atomic E-state index is 12.7. The highest BCUT2D eigenvalue weighted by molar-refractivity contribution is 5.85. The lowest BCUT2D eigenvalue weighted by atomic mass is 9.96. The van der Waals surface area contributed by atoms with Gasteiger partial charge in [0.05, 0.1) is 5.56 Å². The minimum atomic E-state index is 0. The molecule has 5 heteroatoms. The van der Waals surface area contributed by atoms with Crippen LogP contribution in [0.2, 0.25) is 0 Å². The third-order valence-electron chi connectivity index (χ3n) is 4.68. The quantitative estimate of drug-likeness (QED) is 0.831. The van der Waals surface area contributed by atoms with Crippen molar-refractivity contribution in [2.75, 3.05) is 19.6 Å². The Morgan fingerprint density at radius 3 is 2.50 bits per heavy atom. The van der Waals surface area contributed by atoms with Gasteiger partial charge >= 0.3 is 0 Å². The van der Waals surface area contributed by atoms with Crippen molar-refractivity contribution in [2.24, 2.45) is 5.92 Å². The third kappa shape index (κ3) is 4.46. The fraction of sp³-hybridized carbons (Fsp3) is 0.474. The maximum atomic E-state index is 12.7. The molecule has 0 amide bonds. The van der Waals surface area contributed by atoms with Gasteiger partial charge in [0.1, 0.15) is 0 Å². The summed E-state index contributed by atoms with van der Waals surface area (Å²) >= 11 is 0. The molecule has 0 atom stereocenters. The predicted molar refractivity (Wildman–Crippen MR) is 101 cm³/mol. The topological polar surface area (TPSA) is 38.1 Å². The van der Waals surface area contributed by atoms with Crippen molar-refractivity contribution in [1.29, 1.82) is 0 Å². The summed E-state index contributed by atoms with van der Waals surface area (Å²) in [6.45, 7) is 6.44. The van der Waals surface area contributed by atoms with Gasteiger partial charge in [0.25, 0.3) is 5.56 Å². The molecule has 0 bridgehead atoms. The van der Waals surface area contributed by atoms with Crippen LogP contribution in [-0.2, 0) is 6.54 Å². The molecule has 0 saturated carbocycles. The van der Waals surface area contributed by atoms with Crippen LogP contribution < -0.4 is 5.56 Å². The van der Waals surface area contributed by atoms with Crippen molar-refractivity contribution in [3.63, 3.8) is 0 Å². The minimum Gasteiger partial charge on any atom is -0.303 e. The summed E-state index contributed by atoms with van der Waals surface area (Å²) in [5.41, 5.74) is 1.73. The summed E-state index contributed by atoms with van der Waals surface area (Å²) in [6.07, 6.45) is 5.27. The Labute approximate surface area is 149 Å². The first-order valence-electron chi connectivity index (χ1n) is 8.62. The molecule has 3 rings (SSSR count). The first kappa shape index (κ1) is 18.7. The number of hydrogen-bond acceptors (Lipinski definition) is 3. The molecule has 0 unspecified atom stereocenters. The first-order chi connectivity index (χ1) is 11.3. The van der Waals surface area contributed by atoms with Crippen molar-refractivity contribution in [3.8, 4) is 11.1 Å². The molecular weight excluding hydrogens is 322 g/mol. The van der Waals surface area contributed by atoms with Gasteiger partial charge in [-0.1, -0.05) is 37.3 Å². The highest BCUT2D eigenvalue weighted by Crippen LogP contribution is 2.19. The molecule has 24 heavy (non-hydrogen) atoms. The van der Waals surface area contributed by atoms with E-state index in [-0.39, 0.29) is 18.0 Å². The molecule has 1 aliphatic rings. The van der Waals surface area contributed by atoms with Crippen LogP contribution in [0.15, 0.2) is 47.4 Å². The van der Waals surface area contributed by atoms with Gasteiger partial charge in [-0.3, -0.25) is 4.79 Å². The standard InChI is InChI=1S/C19H25N3O.ClH/c1-2-12-21-13-9-16(10-14-21)15-22-19(23)18(8-11-20-22)17-6-4-3-5-7-17;/h3-8,11,16H,2,9-10,12-15H2,1H3;1H. The summed E-state index contributed by atoms with van der Waals surface area (Å²) in [5.74, 6) is 0.555. The number of halogens is 1. The second-order valence-corrected chi connectivity index (χ2v) is 6.38. The van der Waals surface area contributed by atoms with Crippen molar-refractivity contribution in [1.82, 2.24) is 14.7 Å². The molecule has 0 N–H and O–H groups in total. The van der Waals surface area contributed by atoms with E-state index < -0.39 is 0 Å². The van der Waals surface area contributed by atoms with Gasteiger partial charge in [-0.15, -0.1) is 12.4 Å². The number of likely N-dealkylation sites (tertiary alicyclic amines) is 1. The molecule has 1 aromatic carbocycles. The van der Waals surface area contributed by atoms with E-state index in [1.807, 2.05) is 36.4 Å². The molecule has 1 aliphatic heterocycles. The third-order valence-corrected chi connectivity index (χ3v) is 4.68. The Kier molecular flexibility index (Phi) is 7.00. The van der Waals surface area contributed by atoms with Crippen LogP contribution >= 0.6 is 12.4 Å². The lowest BCUT2D eigenvalue weighted by Crippen LogP contribution is -2.37. The number of aromatic nitrogens is 2. The predicted octanol–water partition coefficient (Wildman–Crippen LogP) is 3.45. The molecule has 130 valence electrons. The number of piperidine rings is 1. The second-order valence-electron chi connectivity index (χ2n) is 6.38. The zero-order valence-electron chi connectivity index (χ0n) is 14.2. The van der Waals surface area contributed by atoms with Crippen LogP contribution in [0, 0.1) is 5.92 Å². The Bertz CT molecular complexity index is 679. The van der Waals surface area contributed by atoms with Gasteiger partial charge in [-0.2, -0.15) is 5.10 Å². The molecule has 4 nitrogen and oxygen atoms in total. The molecule has 0 radical (unpaired) electrons. The Balaban J connectivity index is 0.00000208. The van der Waals surface area contributed by atoms with E-state index in [9.17, 15) is 4.79 Å². The molecule has 0 aliphatic carbocycles. The molecule has 1 saturated heterocycles. The summed E-state index contributed by atoms with van der Waals surface area (Å²) < 4.78 is 1.66. The molecule has 2 aromatic rings. The number of benzene rings is 1. The normalized spacial score (nSPS) is 15.9. The van der Waals surface area contributed by atoms with E-state index in [1.54, 1.807) is 10.9 Å². The molecular formula is C19H26ClN3O. The van der Waals surface area contributed by atoms with Crippen molar-refractivity contribution in [3.05, 3.63) is 52.9 Å². The smallest absolute Gasteiger partial charge is 0.274 e. The average molecular weight is 348 g/mol. The molecule has 1 aromatic heterocycles. The van der Waals surface area contributed by atoms with E-state index in [2.05, 4.69) is 16.9 Å².